The largest absolute Gasteiger partial charge is 0.370 e. The van der Waals surface area contributed by atoms with Crippen LogP contribution in [0.25, 0.3) is 0 Å². The van der Waals surface area contributed by atoms with Crippen LogP contribution in [0.15, 0.2) is 36.5 Å². The van der Waals surface area contributed by atoms with Crippen molar-refractivity contribution in [3.8, 4) is 0 Å². The molecule has 0 radical (unpaired) electrons. The van der Waals surface area contributed by atoms with Crippen molar-refractivity contribution in [1.29, 1.82) is 0 Å². The Morgan fingerprint density at radius 1 is 1.28 bits per heavy atom. The lowest BCUT2D eigenvalue weighted by Crippen LogP contribution is -2.44. The first kappa shape index (κ1) is 17.5. The van der Waals surface area contributed by atoms with Crippen molar-refractivity contribution >= 4 is 11.7 Å². The lowest BCUT2D eigenvalue weighted by atomic mass is 10.0. The van der Waals surface area contributed by atoms with Gasteiger partial charge in [-0.15, -0.1) is 0 Å². The first-order valence-corrected chi connectivity index (χ1v) is 9.10. The third kappa shape index (κ3) is 4.82. The SMILES string of the molecule is CCCNc1[nH]ncc1C(=O)NC1CCN(Cc2ccccc2)CC1. The minimum atomic E-state index is -0.0473. The van der Waals surface area contributed by atoms with Crippen molar-refractivity contribution in [3.05, 3.63) is 47.7 Å². The van der Waals surface area contributed by atoms with E-state index < -0.39 is 0 Å². The van der Waals surface area contributed by atoms with E-state index in [4.69, 9.17) is 0 Å². The van der Waals surface area contributed by atoms with E-state index in [1.807, 2.05) is 6.07 Å². The Hall–Kier alpha value is -2.34. The highest BCUT2D eigenvalue weighted by atomic mass is 16.1. The molecule has 1 amide bonds. The number of carbonyl (C=O) groups excluding carboxylic acids is 1. The zero-order valence-corrected chi connectivity index (χ0v) is 14.8. The van der Waals surface area contributed by atoms with Crippen molar-refractivity contribution in [2.75, 3.05) is 25.0 Å². The van der Waals surface area contributed by atoms with Gasteiger partial charge in [-0.1, -0.05) is 37.3 Å². The number of aromatic amines is 1. The number of hydrogen-bond donors (Lipinski definition) is 3. The number of nitrogens with one attached hydrogen (secondary N) is 3. The molecule has 0 spiro atoms. The summed E-state index contributed by atoms with van der Waals surface area (Å²) in [6.07, 6.45) is 4.56. The smallest absolute Gasteiger partial charge is 0.256 e. The summed E-state index contributed by atoms with van der Waals surface area (Å²) >= 11 is 0. The van der Waals surface area contributed by atoms with Crippen LogP contribution >= 0.6 is 0 Å². The number of nitrogens with zero attached hydrogens (tertiary/aromatic N) is 2. The Balaban J connectivity index is 1.47. The third-order valence-corrected chi connectivity index (χ3v) is 4.61. The normalized spacial score (nSPS) is 15.9. The van der Waals surface area contributed by atoms with Crippen LogP contribution in [0.1, 0.15) is 42.1 Å². The van der Waals surface area contributed by atoms with Gasteiger partial charge in [0, 0.05) is 32.2 Å². The van der Waals surface area contributed by atoms with Crippen molar-refractivity contribution in [1.82, 2.24) is 20.4 Å². The number of carbonyl (C=O) groups is 1. The number of likely N-dealkylation sites (tertiary alicyclic amines) is 1. The summed E-state index contributed by atoms with van der Waals surface area (Å²) in [5.41, 5.74) is 1.94. The van der Waals surface area contributed by atoms with Gasteiger partial charge in [0.2, 0.25) is 0 Å². The maximum absolute atomic E-state index is 12.5. The lowest BCUT2D eigenvalue weighted by molar-refractivity contribution is 0.0910. The van der Waals surface area contributed by atoms with E-state index in [2.05, 4.69) is 56.9 Å². The number of anilines is 1. The van der Waals surface area contributed by atoms with Gasteiger partial charge in [-0.2, -0.15) is 5.10 Å². The molecule has 1 fully saturated rings. The van der Waals surface area contributed by atoms with Crippen LogP contribution in [0.2, 0.25) is 0 Å². The van der Waals surface area contributed by atoms with Crippen LogP contribution in [0.5, 0.6) is 0 Å². The van der Waals surface area contributed by atoms with Crippen LogP contribution < -0.4 is 10.6 Å². The predicted octanol–water partition coefficient (Wildman–Crippen LogP) is 2.63. The van der Waals surface area contributed by atoms with E-state index >= 15 is 0 Å². The molecular formula is C19H27N5O. The molecule has 1 aromatic carbocycles. The molecule has 1 aliphatic heterocycles. The fourth-order valence-electron chi connectivity index (χ4n) is 3.18. The molecule has 134 valence electrons. The van der Waals surface area contributed by atoms with E-state index in [-0.39, 0.29) is 11.9 Å². The Morgan fingerprint density at radius 3 is 2.76 bits per heavy atom. The van der Waals surface area contributed by atoms with Gasteiger partial charge in [0.15, 0.2) is 0 Å². The van der Waals surface area contributed by atoms with Gasteiger partial charge in [-0.05, 0) is 24.8 Å². The molecule has 6 heteroatoms. The highest BCUT2D eigenvalue weighted by Crippen LogP contribution is 2.16. The summed E-state index contributed by atoms with van der Waals surface area (Å²) in [6, 6.07) is 10.8. The van der Waals surface area contributed by atoms with Gasteiger partial charge in [-0.3, -0.25) is 14.8 Å². The van der Waals surface area contributed by atoms with Crippen molar-refractivity contribution in [3.63, 3.8) is 0 Å². The van der Waals surface area contributed by atoms with E-state index in [1.54, 1.807) is 6.20 Å². The lowest BCUT2D eigenvalue weighted by Gasteiger charge is -2.32. The van der Waals surface area contributed by atoms with Crippen LogP contribution in [0, 0.1) is 0 Å². The number of piperidine rings is 1. The monoisotopic (exact) mass is 341 g/mol. The highest BCUT2D eigenvalue weighted by Gasteiger charge is 2.22. The summed E-state index contributed by atoms with van der Waals surface area (Å²) in [6.45, 7) is 5.90. The number of hydrogen-bond acceptors (Lipinski definition) is 4. The second kappa shape index (κ2) is 8.67. The van der Waals surface area contributed by atoms with Gasteiger partial charge in [0.1, 0.15) is 11.4 Å². The van der Waals surface area contributed by atoms with Gasteiger partial charge < -0.3 is 10.6 Å². The summed E-state index contributed by atoms with van der Waals surface area (Å²) in [7, 11) is 0. The maximum atomic E-state index is 12.5. The first-order valence-electron chi connectivity index (χ1n) is 9.10. The van der Waals surface area contributed by atoms with Crippen molar-refractivity contribution < 1.29 is 4.79 Å². The standard InChI is InChI=1S/C19H27N5O/c1-2-10-20-18-17(13-21-23-18)19(25)22-16-8-11-24(12-9-16)14-15-6-4-3-5-7-15/h3-7,13,16H,2,8-12,14H2,1H3,(H,22,25)(H2,20,21,23). The molecule has 2 aromatic rings. The number of aromatic nitrogens is 2. The first-order chi connectivity index (χ1) is 12.3. The molecule has 25 heavy (non-hydrogen) atoms. The van der Waals surface area contributed by atoms with E-state index in [9.17, 15) is 4.79 Å². The van der Waals surface area contributed by atoms with Crippen LogP contribution in [0.4, 0.5) is 5.82 Å². The molecule has 0 aliphatic carbocycles. The second-order valence-electron chi connectivity index (χ2n) is 6.59. The van der Waals surface area contributed by atoms with Gasteiger partial charge in [0.05, 0.1) is 6.20 Å². The van der Waals surface area contributed by atoms with Crippen LogP contribution in [-0.2, 0) is 6.54 Å². The summed E-state index contributed by atoms with van der Waals surface area (Å²) < 4.78 is 0. The molecule has 1 aromatic heterocycles. The highest BCUT2D eigenvalue weighted by molar-refractivity contribution is 5.98. The predicted molar refractivity (Wildman–Crippen MR) is 99.6 cm³/mol. The van der Waals surface area contributed by atoms with E-state index in [0.717, 1.165) is 45.4 Å². The van der Waals surface area contributed by atoms with E-state index in [1.165, 1.54) is 5.56 Å². The zero-order chi connectivity index (χ0) is 17.5. The molecule has 3 rings (SSSR count). The average molecular weight is 341 g/mol. The minimum Gasteiger partial charge on any atom is -0.370 e. The Morgan fingerprint density at radius 2 is 2.04 bits per heavy atom. The number of H-pyrrole nitrogens is 1. The Kier molecular flexibility index (Phi) is 6.06. The molecule has 0 bridgehead atoms. The molecule has 0 saturated carbocycles. The second-order valence-corrected chi connectivity index (χ2v) is 6.59. The van der Waals surface area contributed by atoms with Crippen LogP contribution in [-0.4, -0.2) is 46.7 Å². The van der Waals surface area contributed by atoms with Gasteiger partial charge >= 0.3 is 0 Å². The molecule has 1 aliphatic rings. The van der Waals surface area contributed by atoms with E-state index in [0.29, 0.717) is 11.4 Å². The Labute approximate surface area is 149 Å². The summed E-state index contributed by atoms with van der Waals surface area (Å²) in [4.78, 5) is 15.0. The molecule has 0 atom stereocenters. The minimum absolute atomic E-state index is 0.0473. The summed E-state index contributed by atoms with van der Waals surface area (Å²) in [5, 5.41) is 13.2. The average Bonchev–Trinajstić information content (AvgIpc) is 3.11. The summed E-state index contributed by atoms with van der Waals surface area (Å²) in [5.74, 6) is 0.662. The number of benzene rings is 1. The quantitative estimate of drug-likeness (QED) is 0.724. The maximum Gasteiger partial charge on any atom is 0.256 e. The molecule has 2 heterocycles. The molecule has 3 N–H and O–H groups in total. The zero-order valence-electron chi connectivity index (χ0n) is 14.8. The van der Waals surface area contributed by atoms with Crippen LogP contribution in [0.3, 0.4) is 0 Å². The molecule has 0 unspecified atom stereocenters. The topological polar surface area (TPSA) is 73.0 Å². The Bertz CT molecular complexity index is 661. The fraction of sp³-hybridized carbons (Fsp3) is 0.474. The van der Waals surface area contributed by atoms with Gasteiger partial charge in [-0.25, -0.2) is 0 Å². The molecular weight excluding hydrogens is 314 g/mol. The molecule has 6 nitrogen and oxygen atoms in total. The van der Waals surface area contributed by atoms with Crippen molar-refractivity contribution in [2.45, 2.75) is 38.8 Å². The number of rotatable bonds is 7. The third-order valence-electron chi connectivity index (χ3n) is 4.61. The van der Waals surface area contributed by atoms with Gasteiger partial charge in [0.25, 0.3) is 5.91 Å². The fourth-order valence-corrected chi connectivity index (χ4v) is 3.18. The van der Waals surface area contributed by atoms with Crippen molar-refractivity contribution in [2.24, 2.45) is 0 Å². The number of amides is 1. The molecule has 1 saturated heterocycles.